The number of carbonyl (C=O) groups excluding carboxylic acids is 1. The average Bonchev–Trinajstić information content (AvgIpc) is 1.83. The van der Waals surface area contributed by atoms with Gasteiger partial charge in [-0.2, -0.15) is 0 Å². The number of quaternary nitrogens is 1. The Morgan fingerprint density at radius 2 is 1.90 bits per heavy atom. The van der Waals surface area contributed by atoms with Crippen LogP contribution in [-0.4, -0.2) is 37.5 Å². The molecule has 0 saturated carbocycles. The van der Waals surface area contributed by atoms with E-state index in [2.05, 4.69) is 6.58 Å². The van der Waals surface area contributed by atoms with Crippen LogP contribution in [0.2, 0.25) is 0 Å². The van der Waals surface area contributed by atoms with Crippen molar-refractivity contribution in [2.75, 3.05) is 21.1 Å². The maximum absolute atomic E-state index is 11.0. The molecule has 0 bridgehead atoms. The van der Waals surface area contributed by atoms with Crippen LogP contribution >= 0.6 is 0 Å². The molecule has 0 rings (SSSR count). The van der Waals surface area contributed by atoms with Crippen molar-refractivity contribution in [1.29, 1.82) is 0 Å². The van der Waals surface area contributed by atoms with E-state index in [9.17, 15) is 4.79 Å². The van der Waals surface area contributed by atoms with Crippen molar-refractivity contribution in [3.8, 4) is 0 Å². The van der Waals surface area contributed by atoms with E-state index in [1.807, 2.05) is 28.1 Å². The number of nitrogens with zero attached hydrogens (tertiary/aromatic N) is 1. The predicted molar refractivity (Wildman–Crippen MR) is 42.7 cm³/mol. The second-order valence-corrected chi connectivity index (χ2v) is 3.40. The summed E-state index contributed by atoms with van der Waals surface area (Å²) in [5.74, 6) is 0.104. The third kappa shape index (κ3) is 2.31. The number of rotatable bonds is 3. The highest BCUT2D eigenvalue weighted by Crippen LogP contribution is 2.02. The van der Waals surface area contributed by atoms with Gasteiger partial charge >= 0.3 is 0 Å². The molecule has 1 atom stereocenters. The molecule has 0 aromatic rings. The highest BCUT2D eigenvalue weighted by Gasteiger charge is 2.23. The lowest BCUT2D eigenvalue weighted by Gasteiger charge is -2.29. The van der Waals surface area contributed by atoms with Crippen LogP contribution in [-0.2, 0) is 4.79 Å². The molecule has 0 amide bonds. The first kappa shape index (κ1) is 9.37. The van der Waals surface area contributed by atoms with E-state index < -0.39 is 0 Å². The van der Waals surface area contributed by atoms with Crippen molar-refractivity contribution in [1.82, 2.24) is 0 Å². The van der Waals surface area contributed by atoms with Crippen LogP contribution in [0.4, 0.5) is 0 Å². The normalized spacial score (nSPS) is 14.4. The molecule has 2 nitrogen and oxygen atoms in total. The van der Waals surface area contributed by atoms with Gasteiger partial charge < -0.3 is 4.48 Å². The Labute approximate surface area is 62.7 Å². The van der Waals surface area contributed by atoms with Gasteiger partial charge in [-0.15, -0.1) is 0 Å². The molecular formula is C8H16NO+. The SMILES string of the molecule is C=CC(=O)C(C)[N+](C)(C)C. The lowest BCUT2D eigenvalue weighted by Crippen LogP contribution is -2.47. The van der Waals surface area contributed by atoms with Crippen molar-refractivity contribution in [2.24, 2.45) is 0 Å². The van der Waals surface area contributed by atoms with E-state index in [4.69, 9.17) is 0 Å². The lowest BCUT2D eigenvalue weighted by molar-refractivity contribution is -0.884. The maximum Gasteiger partial charge on any atom is 0.211 e. The highest BCUT2D eigenvalue weighted by molar-refractivity contribution is 5.92. The van der Waals surface area contributed by atoms with Gasteiger partial charge in [0, 0.05) is 0 Å². The van der Waals surface area contributed by atoms with Gasteiger partial charge in [-0.1, -0.05) is 6.58 Å². The quantitative estimate of drug-likeness (QED) is 0.421. The van der Waals surface area contributed by atoms with Crippen molar-refractivity contribution in [3.63, 3.8) is 0 Å². The Morgan fingerprint density at radius 1 is 1.50 bits per heavy atom. The van der Waals surface area contributed by atoms with Crippen molar-refractivity contribution < 1.29 is 9.28 Å². The third-order valence-electron chi connectivity index (χ3n) is 1.77. The van der Waals surface area contributed by atoms with Crippen molar-refractivity contribution >= 4 is 5.78 Å². The first-order valence-electron chi connectivity index (χ1n) is 3.37. The van der Waals surface area contributed by atoms with Crippen molar-refractivity contribution in [3.05, 3.63) is 12.7 Å². The van der Waals surface area contributed by atoms with Gasteiger partial charge in [0.05, 0.1) is 21.1 Å². The minimum Gasteiger partial charge on any atom is -0.322 e. The summed E-state index contributed by atoms with van der Waals surface area (Å²) in [5, 5.41) is 0. The summed E-state index contributed by atoms with van der Waals surface area (Å²) in [7, 11) is 5.98. The zero-order chi connectivity index (χ0) is 8.36. The predicted octanol–water partition coefficient (Wildman–Crippen LogP) is 0.836. The van der Waals surface area contributed by atoms with E-state index in [-0.39, 0.29) is 11.8 Å². The fourth-order valence-electron chi connectivity index (χ4n) is 0.552. The molecule has 0 N–H and O–H groups in total. The van der Waals surface area contributed by atoms with Crippen LogP contribution in [0, 0.1) is 0 Å². The van der Waals surface area contributed by atoms with Crippen LogP contribution < -0.4 is 0 Å². The van der Waals surface area contributed by atoms with Gasteiger partial charge in [-0.05, 0) is 13.0 Å². The van der Waals surface area contributed by atoms with Crippen LogP contribution in [0.3, 0.4) is 0 Å². The van der Waals surface area contributed by atoms with Crippen LogP contribution in [0.5, 0.6) is 0 Å². The third-order valence-corrected chi connectivity index (χ3v) is 1.77. The van der Waals surface area contributed by atoms with Crippen LogP contribution in [0.15, 0.2) is 12.7 Å². The van der Waals surface area contributed by atoms with E-state index >= 15 is 0 Å². The molecule has 1 unspecified atom stereocenters. The standard InChI is InChI=1S/C8H16NO/c1-6-8(10)7(2)9(3,4)5/h6-7H,1H2,2-5H3/q+1. The molecule has 0 radical (unpaired) electrons. The fourth-order valence-corrected chi connectivity index (χ4v) is 0.552. The molecule has 0 aliphatic rings. The van der Waals surface area contributed by atoms with Gasteiger partial charge in [0.15, 0.2) is 0 Å². The van der Waals surface area contributed by atoms with Gasteiger partial charge in [0.25, 0.3) is 0 Å². The Balaban J connectivity index is 4.21. The van der Waals surface area contributed by atoms with E-state index in [0.29, 0.717) is 4.48 Å². The van der Waals surface area contributed by atoms with E-state index in [1.54, 1.807) is 0 Å². The molecular weight excluding hydrogens is 126 g/mol. The maximum atomic E-state index is 11.0. The number of carbonyl (C=O) groups is 1. The summed E-state index contributed by atoms with van der Waals surface area (Å²) in [6.07, 6.45) is 1.38. The topological polar surface area (TPSA) is 17.1 Å². The summed E-state index contributed by atoms with van der Waals surface area (Å²) in [4.78, 5) is 11.0. The summed E-state index contributed by atoms with van der Waals surface area (Å²) >= 11 is 0. The Hall–Kier alpha value is -0.630. The van der Waals surface area contributed by atoms with Gasteiger partial charge in [0.1, 0.15) is 6.04 Å². The second kappa shape index (κ2) is 2.97. The summed E-state index contributed by atoms with van der Waals surface area (Å²) < 4.78 is 0.658. The monoisotopic (exact) mass is 142 g/mol. The molecule has 0 aromatic heterocycles. The molecule has 0 saturated heterocycles. The molecule has 58 valence electrons. The van der Waals surface area contributed by atoms with Gasteiger partial charge in [0.2, 0.25) is 5.78 Å². The first-order valence-corrected chi connectivity index (χ1v) is 3.37. The second-order valence-electron chi connectivity index (χ2n) is 3.40. The highest BCUT2D eigenvalue weighted by atomic mass is 16.1. The largest absolute Gasteiger partial charge is 0.322 e. The fraction of sp³-hybridized carbons (Fsp3) is 0.625. The average molecular weight is 142 g/mol. The summed E-state index contributed by atoms with van der Waals surface area (Å²) in [6, 6.07) is 0.0116. The molecule has 0 heterocycles. The summed E-state index contributed by atoms with van der Waals surface area (Å²) in [5.41, 5.74) is 0. The van der Waals surface area contributed by atoms with Gasteiger partial charge in [-0.25, -0.2) is 0 Å². The molecule has 0 aliphatic carbocycles. The number of ketones is 1. The minimum absolute atomic E-state index is 0.0116. The summed E-state index contributed by atoms with van der Waals surface area (Å²) in [6.45, 7) is 5.34. The van der Waals surface area contributed by atoms with E-state index in [0.717, 1.165) is 0 Å². The Morgan fingerprint density at radius 3 is 2.00 bits per heavy atom. The molecule has 0 fully saturated rings. The number of hydrogen-bond donors (Lipinski definition) is 0. The molecule has 0 aromatic carbocycles. The molecule has 10 heavy (non-hydrogen) atoms. The first-order chi connectivity index (χ1) is 4.39. The Kier molecular flexibility index (Phi) is 2.78. The van der Waals surface area contributed by atoms with Crippen LogP contribution in [0.25, 0.3) is 0 Å². The van der Waals surface area contributed by atoms with E-state index in [1.165, 1.54) is 6.08 Å². The zero-order valence-corrected chi connectivity index (χ0v) is 7.22. The minimum atomic E-state index is 0.0116. The molecule has 0 spiro atoms. The van der Waals surface area contributed by atoms with Crippen molar-refractivity contribution in [2.45, 2.75) is 13.0 Å². The van der Waals surface area contributed by atoms with Gasteiger partial charge in [-0.3, -0.25) is 4.79 Å². The van der Waals surface area contributed by atoms with Crippen LogP contribution in [0.1, 0.15) is 6.92 Å². The number of likely N-dealkylation sites (N-methyl/N-ethyl adjacent to an activating group) is 1. The molecule has 2 heteroatoms. The Bertz CT molecular complexity index is 144. The lowest BCUT2D eigenvalue weighted by atomic mass is 10.2. The number of hydrogen-bond acceptors (Lipinski definition) is 1. The zero-order valence-electron chi connectivity index (χ0n) is 7.22. The molecule has 0 aliphatic heterocycles. The smallest absolute Gasteiger partial charge is 0.211 e.